The lowest BCUT2D eigenvalue weighted by molar-refractivity contribution is 0.102. The van der Waals surface area contributed by atoms with Crippen LogP contribution in [0.4, 0.5) is 5.69 Å². The van der Waals surface area contributed by atoms with Gasteiger partial charge in [-0.25, -0.2) is 0 Å². The number of carbonyl (C=O) groups excluding carboxylic acids is 1. The Bertz CT molecular complexity index is 1230. The molecule has 0 saturated heterocycles. The molecule has 1 amide bonds. The van der Waals surface area contributed by atoms with Gasteiger partial charge >= 0.3 is 0 Å². The molecule has 4 nitrogen and oxygen atoms in total. The molecule has 0 radical (unpaired) electrons. The molecule has 28 heavy (non-hydrogen) atoms. The third-order valence-corrected chi connectivity index (χ3v) is 4.72. The molecule has 0 saturated carbocycles. The van der Waals surface area contributed by atoms with Gasteiger partial charge in [-0.2, -0.15) is 0 Å². The number of benzene rings is 3. The second-order valence-electron chi connectivity index (χ2n) is 6.15. The predicted octanol–water partition coefficient (Wildman–Crippen LogP) is 6.02. The van der Waals surface area contributed by atoms with E-state index in [1.807, 2.05) is 0 Å². The van der Waals surface area contributed by atoms with Gasteiger partial charge in [-0.3, -0.25) is 9.59 Å². The largest absolute Gasteiger partial charge is 0.456 e. The first-order valence-corrected chi connectivity index (χ1v) is 9.16. The van der Waals surface area contributed by atoms with E-state index in [1.165, 1.54) is 6.07 Å². The second-order valence-corrected chi connectivity index (χ2v) is 7.03. The first kappa shape index (κ1) is 18.3. The van der Waals surface area contributed by atoms with E-state index in [1.54, 1.807) is 66.7 Å². The van der Waals surface area contributed by atoms with Gasteiger partial charge in [0.15, 0.2) is 5.43 Å². The quantitative estimate of drug-likeness (QED) is 0.449. The number of rotatable bonds is 3. The summed E-state index contributed by atoms with van der Waals surface area (Å²) in [6.07, 6.45) is 0. The van der Waals surface area contributed by atoms with Crippen molar-refractivity contribution >= 4 is 45.8 Å². The zero-order valence-electron chi connectivity index (χ0n) is 14.4. The van der Waals surface area contributed by atoms with Gasteiger partial charge in [0, 0.05) is 32.9 Å². The van der Waals surface area contributed by atoms with Crippen LogP contribution in [0.15, 0.2) is 82.0 Å². The van der Waals surface area contributed by atoms with Crippen LogP contribution in [0.3, 0.4) is 0 Å². The number of hydrogen-bond acceptors (Lipinski definition) is 3. The molecule has 0 aliphatic heterocycles. The number of hydrogen-bond donors (Lipinski definition) is 1. The summed E-state index contributed by atoms with van der Waals surface area (Å²) in [6, 6.07) is 20.0. The van der Waals surface area contributed by atoms with Gasteiger partial charge in [0.1, 0.15) is 11.3 Å². The highest BCUT2D eigenvalue weighted by atomic mass is 35.5. The third-order valence-electron chi connectivity index (χ3n) is 4.22. The summed E-state index contributed by atoms with van der Waals surface area (Å²) in [5.74, 6) is 0.158. The predicted molar refractivity (Wildman–Crippen MR) is 112 cm³/mol. The van der Waals surface area contributed by atoms with E-state index in [4.69, 9.17) is 27.6 Å². The maximum atomic E-state index is 12.6. The van der Waals surface area contributed by atoms with Gasteiger partial charge in [0.2, 0.25) is 0 Å². The van der Waals surface area contributed by atoms with Crippen LogP contribution in [-0.2, 0) is 0 Å². The van der Waals surface area contributed by atoms with Crippen LogP contribution in [0, 0.1) is 0 Å². The first-order valence-electron chi connectivity index (χ1n) is 8.40. The summed E-state index contributed by atoms with van der Waals surface area (Å²) in [5.41, 5.74) is 1.95. The minimum Gasteiger partial charge on any atom is -0.456 e. The lowest BCUT2D eigenvalue weighted by Crippen LogP contribution is -2.12. The minimum absolute atomic E-state index is 0.200. The molecule has 0 aliphatic rings. The van der Waals surface area contributed by atoms with Crippen molar-refractivity contribution in [1.82, 2.24) is 0 Å². The van der Waals surface area contributed by atoms with E-state index in [0.717, 1.165) is 5.56 Å². The summed E-state index contributed by atoms with van der Waals surface area (Å²) < 4.78 is 5.86. The van der Waals surface area contributed by atoms with Gasteiger partial charge < -0.3 is 9.73 Å². The zero-order chi connectivity index (χ0) is 19.7. The minimum atomic E-state index is -0.293. The fourth-order valence-corrected chi connectivity index (χ4v) is 3.05. The summed E-state index contributed by atoms with van der Waals surface area (Å²) in [4.78, 5) is 24.9. The van der Waals surface area contributed by atoms with Crippen molar-refractivity contribution in [3.63, 3.8) is 0 Å². The number of anilines is 1. The lowest BCUT2D eigenvalue weighted by atomic mass is 10.1. The number of halogens is 2. The molecular formula is C22H13Cl2NO3. The number of fused-ring (bicyclic) bond motifs is 1. The van der Waals surface area contributed by atoms with Gasteiger partial charge in [-0.05, 0) is 66.7 Å². The molecule has 4 rings (SSSR count). The van der Waals surface area contributed by atoms with E-state index < -0.39 is 0 Å². The van der Waals surface area contributed by atoms with Crippen molar-refractivity contribution < 1.29 is 9.21 Å². The van der Waals surface area contributed by atoms with Crippen LogP contribution in [0.5, 0.6) is 0 Å². The summed E-state index contributed by atoms with van der Waals surface area (Å²) in [5, 5.41) is 4.31. The Morgan fingerprint density at radius 1 is 0.821 bits per heavy atom. The normalized spacial score (nSPS) is 10.8. The highest BCUT2D eigenvalue weighted by Gasteiger charge is 2.10. The van der Waals surface area contributed by atoms with Crippen LogP contribution in [0.25, 0.3) is 22.3 Å². The number of carbonyl (C=O) groups is 1. The number of amides is 1. The molecular weight excluding hydrogens is 397 g/mol. The molecule has 0 aliphatic carbocycles. The second kappa shape index (κ2) is 7.50. The standard InChI is InChI=1S/C22H13Cl2NO3/c23-15-5-1-13(2-6-15)21-12-19(26)18-11-17(9-10-20(18)28-21)25-22(27)14-3-7-16(24)8-4-14/h1-12H,(H,25,27). The van der Waals surface area contributed by atoms with E-state index in [0.29, 0.717) is 38.0 Å². The Morgan fingerprint density at radius 3 is 2.14 bits per heavy atom. The maximum absolute atomic E-state index is 12.6. The SMILES string of the molecule is O=C(Nc1ccc2oc(-c3ccc(Cl)cc3)cc(=O)c2c1)c1ccc(Cl)cc1. The van der Waals surface area contributed by atoms with Gasteiger partial charge in [0.05, 0.1) is 5.39 Å². The maximum Gasteiger partial charge on any atom is 0.255 e. The molecule has 1 aromatic heterocycles. The Kier molecular flexibility index (Phi) is 4.90. The molecule has 0 atom stereocenters. The molecule has 0 unspecified atom stereocenters. The van der Waals surface area contributed by atoms with E-state index in [-0.39, 0.29) is 11.3 Å². The van der Waals surface area contributed by atoms with E-state index in [2.05, 4.69) is 5.32 Å². The molecule has 0 spiro atoms. The Balaban J connectivity index is 1.66. The third kappa shape index (κ3) is 3.79. The smallest absolute Gasteiger partial charge is 0.255 e. The van der Waals surface area contributed by atoms with Crippen molar-refractivity contribution in [2.45, 2.75) is 0 Å². The summed E-state index contributed by atoms with van der Waals surface area (Å²) in [6.45, 7) is 0. The van der Waals surface area contributed by atoms with Crippen LogP contribution in [-0.4, -0.2) is 5.91 Å². The summed E-state index contributed by atoms with van der Waals surface area (Å²) >= 11 is 11.7. The monoisotopic (exact) mass is 409 g/mol. The van der Waals surface area contributed by atoms with Gasteiger partial charge in [-0.1, -0.05) is 23.2 Å². The van der Waals surface area contributed by atoms with Crippen LogP contribution in [0.2, 0.25) is 10.0 Å². The van der Waals surface area contributed by atoms with Gasteiger partial charge in [-0.15, -0.1) is 0 Å². The molecule has 0 bridgehead atoms. The van der Waals surface area contributed by atoms with Crippen molar-refractivity contribution in [2.24, 2.45) is 0 Å². The van der Waals surface area contributed by atoms with Crippen LogP contribution in [0.1, 0.15) is 10.4 Å². The topological polar surface area (TPSA) is 59.3 Å². The highest BCUT2D eigenvalue weighted by Crippen LogP contribution is 2.25. The Hall–Kier alpha value is -3.08. The van der Waals surface area contributed by atoms with Crippen LogP contribution >= 0.6 is 23.2 Å². The molecule has 1 heterocycles. The summed E-state index contributed by atoms with van der Waals surface area (Å²) in [7, 11) is 0. The van der Waals surface area contributed by atoms with E-state index in [9.17, 15) is 9.59 Å². The zero-order valence-corrected chi connectivity index (χ0v) is 15.9. The van der Waals surface area contributed by atoms with Crippen molar-refractivity contribution in [2.75, 3.05) is 5.32 Å². The van der Waals surface area contributed by atoms with Crippen molar-refractivity contribution in [1.29, 1.82) is 0 Å². The van der Waals surface area contributed by atoms with Gasteiger partial charge in [0.25, 0.3) is 5.91 Å². The first-order chi connectivity index (χ1) is 13.5. The number of nitrogens with one attached hydrogen (secondary N) is 1. The molecule has 3 aromatic carbocycles. The fourth-order valence-electron chi connectivity index (χ4n) is 2.79. The van der Waals surface area contributed by atoms with Crippen molar-refractivity contribution in [3.05, 3.63) is 98.6 Å². The van der Waals surface area contributed by atoms with Crippen LogP contribution < -0.4 is 10.7 Å². The highest BCUT2D eigenvalue weighted by molar-refractivity contribution is 6.31. The lowest BCUT2D eigenvalue weighted by Gasteiger charge is -2.08. The molecule has 6 heteroatoms. The molecule has 1 N–H and O–H groups in total. The average Bonchev–Trinajstić information content (AvgIpc) is 2.69. The average molecular weight is 410 g/mol. The fraction of sp³-hybridized carbons (Fsp3) is 0. The molecule has 4 aromatic rings. The Labute approximate surface area is 170 Å². The Morgan fingerprint density at radius 2 is 1.46 bits per heavy atom. The van der Waals surface area contributed by atoms with Crippen molar-refractivity contribution in [3.8, 4) is 11.3 Å². The van der Waals surface area contributed by atoms with E-state index >= 15 is 0 Å². The molecule has 0 fully saturated rings. The molecule has 138 valence electrons.